The molecule has 1 aromatic carbocycles. The van der Waals surface area contributed by atoms with Crippen molar-refractivity contribution in [3.05, 3.63) is 46.3 Å². The number of halogens is 1. The monoisotopic (exact) mass is 364 g/mol. The first-order valence-corrected chi connectivity index (χ1v) is 7.98. The van der Waals surface area contributed by atoms with E-state index in [1.54, 1.807) is 12.5 Å². The summed E-state index contributed by atoms with van der Waals surface area (Å²) in [6, 6.07) is 5.82. The zero-order valence-corrected chi connectivity index (χ0v) is 13.4. The average Bonchev–Trinajstić information content (AvgIpc) is 3.08. The molecule has 108 valence electrons. The molecule has 3 N–H and O–H groups in total. The van der Waals surface area contributed by atoms with Gasteiger partial charge in [0.05, 0.1) is 12.0 Å². The quantitative estimate of drug-likeness (QED) is 0.747. The third-order valence-corrected chi connectivity index (χ3v) is 4.95. The van der Waals surface area contributed by atoms with Gasteiger partial charge in [-0.3, -0.25) is 4.79 Å². The van der Waals surface area contributed by atoms with Gasteiger partial charge in [0.1, 0.15) is 4.88 Å². The lowest BCUT2D eigenvalue weighted by molar-refractivity contribution is 0.0957. The Morgan fingerprint density at radius 1 is 1.48 bits per heavy atom. The predicted octanol–water partition coefficient (Wildman–Crippen LogP) is 2.87. The molecule has 0 aliphatic carbocycles. The topological polar surface area (TPSA) is 72.9 Å². The van der Waals surface area contributed by atoms with Crippen LogP contribution in [-0.2, 0) is 6.54 Å². The molecule has 0 bridgehead atoms. The third kappa shape index (κ3) is 2.79. The van der Waals surface area contributed by atoms with Crippen LogP contribution in [0.3, 0.4) is 0 Å². The van der Waals surface area contributed by atoms with E-state index in [1.807, 2.05) is 29.0 Å². The molecule has 21 heavy (non-hydrogen) atoms. The molecule has 7 heteroatoms. The minimum atomic E-state index is -0.138. The molecule has 3 rings (SSSR count). The Labute approximate surface area is 133 Å². The lowest BCUT2D eigenvalue weighted by atomic mass is 10.2. The summed E-state index contributed by atoms with van der Waals surface area (Å²) < 4.78 is 3.82. The summed E-state index contributed by atoms with van der Waals surface area (Å²) in [5.74, 6) is -0.138. The van der Waals surface area contributed by atoms with Crippen LogP contribution in [0.15, 0.2) is 41.4 Å². The second-order valence-electron chi connectivity index (χ2n) is 4.51. The number of thiophene rings is 1. The fourth-order valence-corrected chi connectivity index (χ4v) is 3.87. The van der Waals surface area contributed by atoms with E-state index in [1.165, 1.54) is 11.3 Å². The number of hydrogen-bond acceptors (Lipinski definition) is 4. The molecule has 0 aliphatic rings. The van der Waals surface area contributed by atoms with Gasteiger partial charge >= 0.3 is 0 Å². The second kappa shape index (κ2) is 5.87. The predicted molar refractivity (Wildman–Crippen MR) is 88.5 cm³/mol. The fraction of sp³-hybridized carbons (Fsp3) is 0.143. The molecule has 0 spiro atoms. The van der Waals surface area contributed by atoms with Gasteiger partial charge in [-0.2, -0.15) is 0 Å². The third-order valence-electron chi connectivity index (χ3n) is 3.12. The van der Waals surface area contributed by atoms with Gasteiger partial charge in [0.15, 0.2) is 0 Å². The SMILES string of the molecule is Nc1c(C(=O)NCCn2ccnc2)sc2cccc(Br)c12. The minimum absolute atomic E-state index is 0.138. The summed E-state index contributed by atoms with van der Waals surface area (Å²) in [5.41, 5.74) is 6.64. The highest BCUT2D eigenvalue weighted by Crippen LogP contribution is 2.37. The normalized spacial score (nSPS) is 10.9. The van der Waals surface area contributed by atoms with Crippen LogP contribution in [0, 0.1) is 0 Å². The van der Waals surface area contributed by atoms with Gasteiger partial charge < -0.3 is 15.6 Å². The van der Waals surface area contributed by atoms with E-state index in [4.69, 9.17) is 5.73 Å². The number of fused-ring (bicyclic) bond motifs is 1. The molecular formula is C14H13BrN4OS. The van der Waals surface area contributed by atoms with Gasteiger partial charge in [-0.15, -0.1) is 11.3 Å². The van der Waals surface area contributed by atoms with E-state index in [2.05, 4.69) is 26.2 Å². The van der Waals surface area contributed by atoms with Gasteiger partial charge in [-0.25, -0.2) is 4.98 Å². The first-order chi connectivity index (χ1) is 10.2. The van der Waals surface area contributed by atoms with Crippen molar-refractivity contribution >= 4 is 48.9 Å². The Kier molecular flexibility index (Phi) is 3.94. The number of anilines is 1. The Balaban J connectivity index is 1.75. The van der Waals surface area contributed by atoms with Crippen LogP contribution in [0.4, 0.5) is 5.69 Å². The number of nitrogen functional groups attached to an aromatic ring is 1. The Morgan fingerprint density at radius 3 is 3.05 bits per heavy atom. The number of amides is 1. The summed E-state index contributed by atoms with van der Waals surface area (Å²) >= 11 is 4.88. The molecule has 5 nitrogen and oxygen atoms in total. The number of benzene rings is 1. The summed E-state index contributed by atoms with van der Waals surface area (Å²) in [6.07, 6.45) is 5.29. The van der Waals surface area contributed by atoms with Crippen LogP contribution in [-0.4, -0.2) is 22.0 Å². The number of nitrogens with two attached hydrogens (primary N) is 1. The maximum Gasteiger partial charge on any atom is 0.263 e. The number of imidazole rings is 1. The Bertz CT molecular complexity index is 782. The number of hydrogen-bond donors (Lipinski definition) is 2. The highest BCUT2D eigenvalue weighted by Gasteiger charge is 2.17. The second-order valence-corrected chi connectivity index (χ2v) is 6.42. The molecule has 0 fully saturated rings. The van der Waals surface area contributed by atoms with Crippen LogP contribution < -0.4 is 11.1 Å². The van der Waals surface area contributed by atoms with Crippen LogP contribution in [0.5, 0.6) is 0 Å². The molecule has 0 unspecified atom stereocenters. The van der Waals surface area contributed by atoms with Gasteiger partial charge in [-0.1, -0.05) is 22.0 Å². The highest BCUT2D eigenvalue weighted by molar-refractivity contribution is 9.10. The molecule has 0 radical (unpaired) electrons. The van der Waals surface area contributed by atoms with Crippen molar-refractivity contribution in [2.24, 2.45) is 0 Å². The number of carbonyl (C=O) groups excluding carboxylic acids is 1. The molecule has 0 atom stereocenters. The first-order valence-electron chi connectivity index (χ1n) is 6.37. The van der Waals surface area contributed by atoms with E-state index >= 15 is 0 Å². The van der Waals surface area contributed by atoms with Crippen molar-refractivity contribution in [2.75, 3.05) is 12.3 Å². The maximum absolute atomic E-state index is 12.3. The molecule has 0 saturated carbocycles. The van der Waals surface area contributed by atoms with E-state index in [9.17, 15) is 4.79 Å². The van der Waals surface area contributed by atoms with Crippen molar-refractivity contribution in [1.82, 2.24) is 14.9 Å². The minimum Gasteiger partial charge on any atom is -0.397 e. The van der Waals surface area contributed by atoms with Gasteiger partial charge in [-0.05, 0) is 12.1 Å². The van der Waals surface area contributed by atoms with Crippen LogP contribution in [0.1, 0.15) is 9.67 Å². The fourth-order valence-electron chi connectivity index (χ4n) is 2.10. The van der Waals surface area contributed by atoms with Crippen molar-refractivity contribution in [1.29, 1.82) is 0 Å². The summed E-state index contributed by atoms with van der Waals surface area (Å²) in [5, 5.41) is 3.79. The molecule has 1 amide bonds. The number of rotatable bonds is 4. The largest absolute Gasteiger partial charge is 0.397 e. The lowest BCUT2D eigenvalue weighted by Gasteiger charge is -2.05. The van der Waals surface area contributed by atoms with Crippen LogP contribution >= 0.6 is 27.3 Å². The summed E-state index contributed by atoms with van der Waals surface area (Å²) in [4.78, 5) is 16.8. The standard InChI is InChI=1S/C14H13BrN4OS/c15-9-2-1-3-10-11(9)12(16)13(21-10)14(20)18-5-7-19-6-4-17-8-19/h1-4,6,8H,5,7,16H2,(H,18,20). The van der Waals surface area contributed by atoms with Gasteiger partial charge in [0.2, 0.25) is 0 Å². The average molecular weight is 365 g/mol. The Hall–Kier alpha value is -1.86. The van der Waals surface area contributed by atoms with Crippen LogP contribution in [0.25, 0.3) is 10.1 Å². The van der Waals surface area contributed by atoms with Gasteiger partial charge in [0, 0.05) is 40.0 Å². The van der Waals surface area contributed by atoms with Crippen molar-refractivity contribution in [2.45, 2.75) is 6.54 Å². The maximum atomic E-state index is 12.3. The zero-order chi connectivity index (χ0) is 14.8. The van der Waals surface area contributed by atoms with E-state index in [0.29, 0.717) is 23.7 Å². The van der Waals surface area contributed by atoms with Crippen molar-refractivity contribution in [3.63, 3.8) is 0 Å². The van der Waals surface area contributed by atoms with Crippen LogP contribution in [0.2, 0.25) is 0 Å². The highest BCUT2D eigenvalue weighted by atomic mass is 79.9. The summed E-state index contributed by atoms with van der Waals surface area (Å²) in [6.45, 7) is 1.21. The number of nitrogens with one attached hydrogen (secondary N) is 1. The van der Waals surface area contributed by atoms with E-state index in [0.717, 1.165) is 14.6 Å². The Morgan fingerprint density at radius 2 is 2.33 bits per heavy atom. The molecule has 2 heterocycles. The molecular weight excluding hydrogens is 352 g/mol. The van der Waals surface area contributed by atoms with Crippen molar-refractivity contribution in [3.8, 4) is 0 Å². The smallest absolute Gasteiger partial charge is 0.263 e. The lowest BCUT2D eigenvalue weighted by Crippen LogP contribution is -2.26. The van der Waals surface area contributed by atoms with Crippen molar-refractivity contribution < 1.29 is 4.79 Å². The summed E-state index contributed by atoms with van der Waals surface area (Å²) in [7, 11) is 0. The molecule has 0 aliphatic heterocycles. The van der Waals surface area contributed by atoms with Gasteiger partial charge in [0.25, 0.3) is 5.91 Å². The number of aromatic nitrogens is 2. The first kappa shape index (κ1) is 14.1. The number of carbonyl (C=O) groups is 1. The number of nitrogens with zero attached hydrogens (tertiary/aromatic N) is 2. The molecule has 3 aromatic rings. The molecule has 2 aromatic heterocycles. The van der Waals surface area contributed by atoms with E-state index < -0.39 is 0 Å². The van der Waals surface area contributed by atoms with E-state index in [-0.39, 0.29) is 5.91 Å². The zero-order valence-electron chi connectivity index (χ0n) is 11.0. The molecule has 0 saturated heterocycles.